The molecule has 0 bridgehead atoms. The van der Waals surface area contributed by atoms with Gasteiger partial charge in [-0.2, -0.15) is 0 Å². The number of likely N-dealkylation sites (tertiary alicyclic amines) is 1. The summed E-state index contributed by atoms with van der Waals surface area (Å²) >= 11 is 0. The van der Waals surface area contributed by atoms with Gasteiger partial charge in [-0.3, -0.25) is 0 Å². The van der Waals surface area contributed by atoms with Crippen LogP contribution in [0.4, 0.5) is 0 Å². The molecule has 1 unspecified atom stereocenters. The van der Waals surface area contributed by atoms with Crippen LogP contribution in [0.3, 0.4) is 0 Å². The minimum Gasteiger partial charge on any atom is -0.320 e. The number of unbranched alkanes of at least 4 members (excludes halogenated alkanes) is 1. The third-order valence-electron chi connectivity index (χ3n) is 3.10. The summed E-state index contributed by atoms with van der Waals surface area (Å²) in [5.74, 6) is 0.990. The summed E-state index contributed by atoms with van der Waals surface area (Å²) in [5.41, 5.74) is 0. The second-order valence-corrected chi connectivity index (χ2v) is 4.17. The highest BCUT2D eigenvalue weighted by Crippen LogP contribution is 2.18. The average molecular weight is 184 g/mol. The molecule has 0 amide bonds. The van der Waals surface area contributed by atoms with E-state index < -0.39 is 0 Å². The summed E-state index contributed by atoms with van der Waals surface area (Å²) in [4.78, 5) is 2.63. The van der Waals surface area contributed by atoms with Crippen LogP contribution in [-0.4, -0.2) is 38.1 Å². The van der Waals surface area contributed by atoms with Crippen molar-refractivity contribution in [2.75, 3.05) is 33.2 Å². The number of nitrogens with zero attached hydrogens (tertiary/aromatic N) is 1. The van der Waals surface area contributed by atoms with Crippen molar-refractivity contribution in [1.82, 2.24) is 10.2 Å². The number of hydrogen-bond donors (Lipinski definition) is 1. The van der Waals surface area contributed by atoms with Crippen LogP contribution in [0, 0.1) is 5.92 Å². The van der Waals surface area contributed by atoms with Crippen LogP contribution < -0.4 is 5.32 Å². The van der Waals surface area contributed by atoms with Crippen LogP contribution >= 0.6 is 0 Å². The lowest BCUT2D eigenvalue weighted by Crippen LogP contribution is -2.22. The van der Waals surface area contributed by atoms with Crippen molar-refractivity contribution in [1.29, 1.82) is 0 Å². The van der Waals surface area contributed by atoms with Crippen molar-refractivity contribution in [3.63, 3.8) is 0 Å². The van der Waals surface area contributed by atoms with E-state index in [1.165, 1.54) is 51.9 Å². The lowest BCUT2D eigenvalue weighted by Gasteiger charge is -2.15. The van der Waals surface area contributed by atoms with Crippen molar-refractivity contribution in [2.24, 2.45) is 5.92 Å². The van der Waals surface area contributed by atoms with E-state index in [-0.39, 0.29) is 0 Å². The first-order chi connectivity index (χ1) is 6.36. The molecule has 1 atom stereocenters. The monoisotopic (exact) mass is 184 g/mol. The predicted octanol–water partition coefficient (Wildman–Crippen LogP) is 1.72. The van der Waals surface area contributed by atoms with Crippen molar-refractivity contribution < 1.29 is 0 Å². The van der Waals surface area contributed by atoms with Crippen LogP contribution in [0.25, 0.3) is 0 Å². The molecule has 1 heterocycles. The summed E-state index contributed by atoms with van der Waals surface area (Å²) in [6, 6.07) is 0. The predicted molar refractivity (Wildman–Crippen MR) is 58.0 cm³/mol. The molecular formula is C11H24N2. The van der Waals surface area contributed by atoms with Gasteiger partial charge in [0.15, 0.2) is 0 Å². The second kappa shape index (κ2) is 6.39. The second-order valence-electron chi connectivity index (χ2n) is 4.17. The van der Waals surface area contributed by atoms with E-state index in [0.29, 0.717) is 0 Å². The Balaban J connectivity index is 1.97. The number of hydrogen-bond acceptors (Lipinski definition) is 2. The molecule has 0 saturated carbocycles. The zero-order valence-corrected chi connectivity index (χ0v) is 9.18. The van der Waals surface area contributed by atoms with Gasteiger partial charge in [0.2, 0.25) is 0 Å². The lowest BCUT2D eigenvalue weighted by molar-refractivity contribution is 0.315. The number of nitrogens with one attached hydrogen (secondary N) is 1. The van der Waals surface area contributed by atoms with Crippen molar-refractivity contribution >= 4 is 0 Å². The van der Waals surface area contributed by atoms with E-state index in [2.05, 4.69) is 17.1 Å². The zero-order valence-electron chi connectivity index (χ0n) is 9.18. The maximum atomic E-state index is 3.19. The molecule has 0 aromatic rings. The molecule has 78 valence electrons. The van der Waals surface area contributed by atoms with Gasteiger partial charge < -0.3 is 10.2 Å². The van der Waals surface area contributed by atoms with Gasteiger partial charge in [0.25, 0.3) is 0 Å². The highest BCUT2D eigenvalue weighted by Gasteiger charge is 2.19. The van der Waals surface area contributed by atoms with E-state index >= 15 is 0 Å². The van der Waals surface area contributed by atoms with E-state index in [0.717, 1.165) is 5.92 Å². The first kappa shape index (κ1) is 11.0. The van der Waals surface area contributed by atoms with Crippen molar-refractivity contribution in [3.8, 4) is 0 Å². The molecule has 0 radical (unpaired) electrons. The van der Waals surface area contributed by atoms with E-state index in [9.17, 15) is 0 Å². The van der Waals surface area contributed by atoms with Gasteiger partial charge in [0.05, 0.1) is 0 Å². The summed E-state index contributed by atoms with van der Waals surface area (Å²) < 4.78 is 0. The number of rotatable bonds is 6. The first-order valence-corrected chi connectivity index (χ1v) is 5.73. The Morgan fingerprint density at radius 1 is 1.38 bits per heavy atom. The maximum absolute atomic E-state index is 3.19. The van der Waals surface area contributed by atoms with Gasteiger partial charge in [0.1, 0.15) is 0 Å². The standard InChI is InChI=1S/C11H24N2/c1-3-11-6-9-13(10-11)8-5-4-7-12-2/h11-12H,3-10H2,1-2H3. The molecule has 1 fully saturated rings. The summed E-state index contributed by atoms with van der Waals surface area (Å²) in [6.45, 7) is 7.51. The molecule has 1 aliphatic rings. The fraction of sp³-hybridized carbons (Fsp3) is 1.00. The molecule has 0 aromatic heterocycles. The summed E-state index contributed by atoms with van der Waals surface area (Å²) in [7, 11) is 2.03. The van der Waals surface area contributed by atoms with Gasteiger partial charge in [-0.15, -0.1) is 0 Å². The molecule has 13 heavy (non-hydrogen) atoms. The molecule has 0 spiro atoms. The van der Waals surface area contributed by atoms with Crippen LogP contribution in [-0.2, 0) is 0 Å². The van der Waals surface area contributed by atoms with E-state index in [1.807, 2.05) is 7.05 Å². The van der Waals surface area contributed by atoms with E-state index in [4.69, 9.17) is 0 Å². The minimum absolute atomic E-state index is 0.990. The molecule has 1 rings (SSSR count). The highest BCUT2D eigenvalue weighted by atomic mass is 15.1. The topological polar surface area (TPSA) is 15.3 Å². The Morgan fingerprint density at radius 2 is 2.23 bits per heavy atom. The zero-order chi connectivity index (χ0) is 9.52. The Labute approximate surface area is 82.7 Å². The normalized spacial score (nSPS) is 24.0. The van der Waals surface area contributed by atoms with Crippen LogP contribution in [0.5, 0.6) is 0 Å². The molecule has 0 aliphatic carbocycles. The minimum atomic E-state index is 0.990. The van der Waals surface area contributed by atoms with Gasteiger partial charge in [-0.25, -0.2) is 0 Å². The Hall–Kier alpha value is -0.0800. The highest BCUT2D eigenvalue weighted by molar-refractivity contribution is 4.74. The van der Waals surface area contributed by atoms with Crippen LogP contribution in [0.1, 0.15) is 32.6 Å². The Morgan fingerprint density at radius 3 is 2.85 bits per heavy atom. The molecule has 2 nitrogen and oxygen atoms in total. The smallest absolute Gasteiger partial charge is 0.00100 e. The largest absolute Gasteiger partial charge is 0.320 e. The molecule has 2 heteroatoms. The molecular weight excluding hydrogens is 160 g/mol. The van der Waals surface area contributed by atoms with Gasteiger partial charge in [-0.1, -0.05) is 13.3 Å². The summed E-state index contributed by atoms with van der Waals surface area (Å²) in [5, 5.41) is 3.19. The Bertz CT molecular complexity index is 125. The van der Waals surface area contributed by atoms with Crippen molar-refractivity contribution in [2.45, 2.75) is 32.6 Å². The van der Waals surface area contributed by atoms with Crippen LogP contribution in [0.15, 0.2) is 0 Å². The SMILES string of the molecule is CCC1CCN(CCCCNC)C1. The Kier molecular flexibility index (Phi) is 5.40. The fourth-order valence-electron chi connectivity index (χ4n) is 2.09. The summed E-state index contributed by atoms with van der Waals surface area (Å²) in [6.07, 6.45) is 5.48. The molecule has 1 N–H and O–H groups in total. The van der Waals surface area contributed by atoms with E-state index in [1.54, 1.807) is 0 Å². The first-order valence-electron chi connectivity index (χ1n) is 5.73. The quantitative estimate of drug-likeness (QED) is 0.632. The third-order valence-corrected chi connectivity index (χ3v) is 3.10. The molecule has 1 aliphatic heterocycles. The van der Waals surface area contributed by atoms with Gasteiger partial charge in [0, 0.05) is 6.54 Å². The molecule has 0 aromatic carbocycles. The maximum Gasteiger partial charge on any atom is 0.00100 e. The average Bonchev–Trinajstić information content (AvgIpc) is 2.60. The third kappa shape index (κ3) is 4.10. The molecule has 1 saturated heterocycles. The van der Waals surface area contributed by atoms with Crippen molar-refractivity contribution in [3.05, 3.63) is 0 Å². The lowest BCUT2D eigenvalue weighted by atomic mass is 10.1. The van der Waals surface area contributed by atoms with Gasteiger partial charge >= 0.3 is 0 Å². The van der Waals surface area contributed by atoms with Crippen LogP contribution in [0.2, 0.25) is 0 Å². The fourth-order valence-corrected chi connectivity index (χ4v) is 2.09. The van der Waals surface area contributed by atoms with Gasteiger partial charge in [-0.05, 0) is 51.9 Å².